The second kappa shape index (κ2) is 9.81. The highest BCUT2D eigenvalue weighted by molar-refractivity contribution is 8.01. The zero-order valence-corrected chi connectivity index (χ0v) is 20.4. The average Bonchev–Trinajstić information content (AvgIpc) is 3.18. The van der Waals surface area contributed by atoms with E-state index in [4.69, 9.17) is 0 Å². The number of aryl methyl sites for hydroxylation is 1. The summed E-state index contributed by atoms with van der Waals surface area (Å²) < 4.78 is 29.6. The maximum absolute atomic E-state index is 14.3. The molecular weight excluding hydrogens is 462 g/mol. The molecule has 1 aromatic heterocycles. The highest BCUT2D eigenvalue weighted by Gasteiger charge is 2.40. The van der Waals surface area contributed by atoms with E-state index in [1.54, 1.807) is 30.0 Å². The number of nitrogens with one attached hydrogen (secondary N) is 2. The number of anilines is 1. The minimum Gasteiger partial charge on any atom is -0.362 e. The first-order valence-corrected chi connectivity index (χ1v) is 12.9. The third-order valence-corrected chi connectivity index (χ3v) is 8.41. The van der Waals surface area contributed by atoms with Gasteiger partial charge in [0.2, 0.25) is 0 Å². The number of carbonyl (C=O) groups is 2. The molecule has 2 heterocycles. The van der Waals surface area contributed by atoms with Gasteiger partial charge in [-0.25, -0.2) is 8.78 Å². The van der Waals surface area contributed by atoms with Crippen molar-refractivity contribution in [2.45, 2.75) is 56.6 Å². The van der Waals surface area contributed by atoms with Gasteiger partial charge in [0.15, 0.2) is 5.78 Å². The van der Waals surface area contributed by atoms with Crippen molar-refractivity contribution in [1.82, 2.24) is 5.32 Å². The summed E-state index contributed by atoms with van der Waals surface area (Å²) in [7, 11) is 0. The predicted molar refractivity (Wildman–Crippen MR) is 130 cm³/mol. The normalized spacial score (nSPS) is 18.3. The van der Waals surface area contributed by atoms with Crippen molar-refractivity contribution >= 4 is 40.5 Å². The Morgan fingerprint density at radius 1 is 1.24 bits per heavy atom. The van der Waals surface area contributed by atoms with Crippen LogP contribution < -0.4 is 10.6 Å². The number of rotatable bonds is 6. The molecule has 1 aromatic carbocycles. The Morgan fingerprint density at radius 3 is 2.64 bits per heavy atom. The number of thiophene rings is 1. The molecule has 33 heavy (non-hydrogen) atoms. The first-order chi connectivity index (χ1) is 15.8. The van der Waals surface area contributed by atoms with Crippen LogP contribution in [0.25, 0.3) is 0 Å². The van der Waals surface area contributed by atoms with Crippen LogP contribution in [0.2, 0.25) is 0 Å². The molecule has 0 bridgehead atoms. The van der Waals surface area contributed by atoms with Gasteiger partial charge < -0.3 is 10.6 Å². The fourth-order valence-electron chi connectivity index (χ4n) is 4.45. The number of carbonyl (C=O) groups excluding carboxylic acids is 2. The van der Waals surface area contributed by atoms with E-state index in [9.17, 15) is 18.4 Å². The van der Waals surface area contributed by atoms with Gasteiger partial charge in [-0.05, 0) is 55.7 Å². The first-order valence-electron chi connectivity index (χ1n) is 11.1. The number of thioether (sulfide) groups is 1. The number of hydrogen-bond donors (Lipinski definition) is 2. The van der Waals surface area contributed by atoms with Crippen LogP contribution in [0.5, 0.6) is 0 Å². The molecule has 0 radical (unpaired) electrons. The molecular formula is C25H26F2N2O2S2. The lowest BCUT2D eigenvalue weighted by atomic mass is 9.75. The van der Waals surface area contributed by atoms with Crippen LogP contribution in [0.3, 0.4) is 0 Å². The Morgan fingerprint density at radius 2 is 1.97 bits per heavy atom. The lowest BCUT2D eigenvalue weighted by Crippen LogP contribution is -2.35. The van der Waals surface area contributed by atoms with Gasteiger partial charge in [-0.2, -0.15) is 0 Å². The number of ketones is 1. The largest absolute Gasteiger partial charge is 0.362 e. The Hall–Kier alpha value is -2.45. The van der Waals surface area contributed by atoms with Crippen LogP contribution in [0, 0.1) is 11.6 Å². The summed E-state index contributed by atoms with van der Waals surface area (Å²) in [5.41, 5.74) is 2.80. The number of benzene rings is 1. The summed E-state index contributed by atoms with van der Waals surface area (Å²) in [4.78, 5) is 27.8. The number of halogens is 2. The maximum atomic E-state index is 14.3. The fourth-order valence-corrected chi connectivity index (χ4v) is 6.83. The molecule has 2 N–H and O–H groups in total. The molecule has 174 valence electrons. The number of dihydropyridines is 1. The summed E-state index contributed by atoms with van der Waals surface area (Å²) in [5, 5.41) is 5.69. The van der Waals surface area contributed by atoms with Crippen molar-refractivity contribution in [2.75, 3.05) is 11.1 Å². The van der Waals surface area contributed by atoms with Crippen molar-refractivity contribution in [3.05, 3.63) is 68.9 Å². The summed E-state index contributed by atoms with van der Waals surface area (Å²) in [6, 6.07) is 5.53. The van der Waals surface area contributed by atoms with Gasteiger partial charge in [-0.1, -0.05) is 19.9 Å². The molecule has 4 nitrogen and oxygen atoms in total. The van der Waals surface area contributed by atoms with Crippen molar-refractivity contribution in [3.63, 3.8) is 0 Å². The molecule has 1 atom stereocenters. The maximum Gasteiger partial charge on any atom is 0.254 e. The van der Waals surface area contributed by atoms with Gasteiger partial charge >= 0.3 is 0 Å². The second-order valence-electron chi connectivity index (χ2n) is 8.06. The zero-order valence-electron chi connectivity index (χ0n) is 18.8. The van der Waals surface area contributed by atoms with Crippen LogP contribution in [0.4, 0.5) is 14.5 Å². The molecule has 1 amide bonds. The monoisotopic (exact) mass is 488 g/mol. The summed E-state index contributed by atoms with van der Waals surface area (Å²) in [5.74, 6) is -2.01. The van der Waals surface area contributed by atoms with Gasteiger partial charge in [0, 0.05) is 39.8 Å². The number of amides is 1. The van der Waals surface area contributed by atoms with Crippen LogP contribution in [-0.2, 0) is 16.0 Å². The SMILES string of the molecule is CCSc1sc(CC)cc1[C@@H]1C(C(=O)Nc2c(F)cccc2F)=C(C)NC2=C1C(=O)CCC2. The summed E-state index contributed by atoms with van der Waals surface area (Å²) >= 11 is 3.36. The fraction of sp³-hybridized carbons (Fsp3) is 0.360. The number of hydrogen-bond acceptors (Lipinski definition) is 5. The van der Waals surface area contributed by atoms with Crippen molar-refractivity contribution < 1.29 is 18.4 Å². The molecule has 2 aromatic rings. The van der Waals surface area contributed by atoms with E-state index in [0.29, 0.717) is 23.3 Å². The molecule has 0 saturated heterocycles. The number of allylic oxidation sites excluding steroid dienone is 3. The molecule has 0 fully saturated rings. The molecule has 1 aliphatic carbocycles. The van der Waals surface area contributed by atoms with E-state index in [1.165, 1.54) is 10.9 Å². The minimum absolute atomic E-state index is 0.0142. The zero-order chi connectivity index (χ0) is 23.7. The summed E-state index contributed by atoms with van der Waals surface area (Å²) in [6.45, 7) is 5.92. The molecule has 1 aliphatic heterocycles. The molecule has 4 rings (SSSR count). The molecule has 2 aliphatic rings. The predicted octanol–water partition coefficient (Wildman–Crippen LogP) is 6.31. The van der Waals surface area contributed by atoms with Gasteiger partial charge in [-0.3, -0.25) is 9.59 Å². The Bertz CT molecular complexity index is 1160. The Labute approximate surface area is 200 Å². The van der Waals surface area contributed by atoms with E-state index >= 15 is 0 Å². The van der Waals surface area contributed by atoms with Gasteiger partial charge in [0.1, 0.15) is 17.3 Å². The third kappa shape index (κ3) is 4.51. The lowest BCUT2D eigenvalue weighted by Gasteiger charge is -2.34. The Balaban J connectivity index is 1.85. The number of para-hydroxylation sites is 1. The highest BCUT2D eigenvalue weighted by atomic mass is 32.2. The average molecular weight is 489 g/mol. The highest BCUT2D eigenvalue weighted by Crippen LogP contribution is 2.47. The van der Waals surface area contributed by atoms with Gasteiger partial charge in [0.05, 0.1) is 4.21 Å². The summed E-state index contributed by atoms with van der Waals surface area (Å²) in [6.07, 6.45) is 2.76. The topological polar surface area (TPSA) is 58.2 Å². The molecule has 0 saturated carbocycles. The van der Waals surface area contributed by atoms with Crippen molar-refractivity contribution in [3.8, 4) is 0 Å². The standard InChI is InChI=1S/C25H26F2N2O2S2/c1-4-14-12-15(25(33-14)32-5-2)21-20(13(3)28-18-10-7-11-19(30)22(18)21)24(31)29-23-16(26)8-6-9-17(23)27/h6,8-9,12,21,28H,4-5,7,10-11H2,1-3H3,(H,29,31)/t21-/m1/s1. The van der Waals surface area contributed by atoms with E-state index in [-0.39, 0.29) is 5.78 Å². The first kappa shape index (κ1) is 23.7. The van der Waals surface area contributed by atoms with Gasteiger partial charge in [0.25, 0.3) is 5.91 Å². The second-order valence-corrected chi connectivity index (χ2v) is 10.7. The molecule has 0 spiro atoms. The lowest BCUT2D eigenvalue weighted by molar-refractivity contribution is -0.116. The van der Waals surface area contributed by atoms with Crippen LogP contribution in [0.15, 0.2) is 51.0 Å². The van der Waals surface area contributed by atoms with Crippen molar-refractivity contribution in [1.29, 1.82) is 0 Å². The Kier molecular flexibility index (Phi) is 7.05. The quantitative estimate of drug-likeness (QED) is 0.468. The van der Waals surface area contributed by atoms with E-state index in [1.807, 2.05) is 0 Å². The number of Topliss-reactive ketones (excluding diaryl/α,β-unsaturated/α-hetero) is 1. The van der Waals surface area contributed by atoms with Gasteiger partial charge in [-0.15, -0.1) is 23.1 Å². The third-order valence-electron chi connectivity index (χ3n) is 5.93. The molecule has 0 unspecified atom stereocenters. The van der Waals surface area contributed by atoms with E-state index < -0.39 is 29.1 Å². The van der Waals surface area contributed by atoms with E-state index in [2.05, 4.69) is 30.5 Å². The van der Waals surface area contributed by atoms with Crippen LogP contribution in [-0.4, -0.2) is 17.4 Å². The molecule has 8 heteroatoms. The van der Waals surface area contributed by atoms with Crippen molar-refractivity contribution in [2.24, 2.45) is 0 Å². The van der Waals surface area contributed by atoms with Crippen LogP contribution in [0.1, 0.15) is 56.4 Å². The minimum atomic E-state index is -0.846. The van der Waals surface area contributed by atoms with Crippen LogP contribution >= 0.6 is 23.1 Å². The smallest absolute Gasteiger partial charge is 0.254 e. The van der Waals surface area contributed by atoms with E-state index in [0.717, 1.165) is 52.6 Å².